The molecular weight excluding hydrogens is 919 g/mol. The quantitative estimate of drug-likeness (QED) is 0.0192. The van der Waals surface area contributed by atoms with Gasteiger partial charge < -0.3 is 43.7 Å². The number of allylic oxidation sites excluding steroid dienone is 3. The normalized spacial score (nSPS) is 11.2. The number of hydrogen-bond acceptors (Lipinski definition) is 15. The summed E-state index contributed by atoms with van der Waals surface area (Å²) in [7, 11) is 0. The number of unbranched alkanes of at least 4 members (excludes halogenated alkanes) is 6. The molecule has 0 saturated heterocycles. The van der Waals surface area contributed by atoms with Crippen LogP contribution in [-0.4, -0.2) is 68.0 Å². The highest BCUT2D eigenvalue weighted by Gasteiger charge is 2.29. The van der Waals surface area contributed by atoms with Crippen LogP contribution in [0.3, 0.4) is 0 Å². The van der Waals surface area contributed by atoms with Gasteiger partial charge in [-0.3, -0.25) is 0 Å². The van der Waals surface area contributed by atoms with Gasteiger partial charge in [0.2, 0.25) is 0 Å². The van der Waals surface area contributed by atoms with Crippen LogP contribution in [0, 0.1) is 17.8 Å². The van der Waals surface area contributed by atoms with E-state index >= 15 is 0 Å². The maximum Gasteiger partial charge on any atom is 0.342 e. The first kappa shape index (κ1) is 57.7. The maximum atomic E-state index is 13.5. The monoisotopic (exact) mass is 994 g/mol. The van der Waals surface area contributed by atoms with Crippen LogP contribution in [-0.2, 0) is 14.2 Å². The number of esters is 3. The van der Waals surface area contributed by atoms with Crippen molar-refractivity contribution in [2.75, 3.05) is 19.8 Å². The standard InChI is InChI=1S/C57H75N3O12/c1-34(2)22-16-13-19-31-67-55(64)43-28-25-40(46(61)49(43)70-37(7)8)52-58-53(41-26-29-44(50(47(41)62)71-38(9)10)56(65)68-32-20-14-17-23-35(3)4)60-54(59-52)42-27-30-45(51(48(42)63)72-39(11)12)57(66)69-33-21-15-18-24-36(5)6/h25-30,34-36,61-63H,7,9,11,13-24,31-33H2,1-6,8,10,12H3. The summed E-state index contributed by atoms with van der Waals surface area (Å²) in [6.07, 6.45) is 10.7. The number of rotatable bonds is 30. The first-order valence-electron chi connectivity index (χ1n) is 25.1. The third-order valence-corrected chi connectivity index (χ3v) is 11.2. The van der Waals surface area contributed by atoms with Crippen LogP contribution in [0.15, 0.2) is 73.4 Å². The molecule has 72 heavy (non-hydrogen) atoms. The van der Waals surface area contributed by atoms with Gasteiger partial charge >= 0.3 is 17.9 Å². The van der Waals surface area contributed by atoms with E-state index in [4.69, 9.17) is 28.4 Å². The summed E-state index contributed by atoms with van der Waals surface area (Å²) >= 11 is 0. The molecule has 4 aromatic rings. The molecule has 0 bridgehead atoms. The summed E-state index contributed by atoms with van der Waals surface area (Å²) in [6.45, 7) is 29.4. The van der Waals surface area contributed by atoms with Crippen LogP contribution in [0.1, 0.15) is 170 Å². The summed E-state index contributed by atoms with van der Waals surface area (Å²) in [5.41, 5.74) is -0.487. The van der Waals surface area contributed by atoms with E-state index in [1.54, 1.807) is 0 Å². The summed E-state index contributed by atoms with van der Waals surface area (Å²) in [4.78, 5) is 54.5. The first-order valence-corrected chi connectivity index (χ1v) is 25.1. The molecule has 0 aliphatic rings. The number of aromatic nitrogens is 3. The fourth-order valence-corrected chi connectivity index (χ4v) is 7.53. The van der Waals surface area contributed by atoms with Crippen LogP contribution in [0.2, 0.25) is 0 Å². The lowest BCUT2D eigenvalue weighted by molar-refractivity contribution is 0.0484. The number of phenols is 3. The number of ether oxygens (including phenoxy) is 6. The lowest BCUT2D eigenvalue weighted by Crippen LogP contribution is -2.10. The summed E-state index contributed by atoms with van der Waals surface area (Å²) in [5.74, 6) is -3.33. The molecule has 390 valence electrons. The number of carbonyl (C=O) groups is 3. The molecule has 0 aliphatic heterocycles. The Hall–Kier alpha value is -6.90. The predicted octanol–water partition coefficient (Wildman–Crippen LogP) is 13.8. The smallest absolute Gasteiger partial charge is 0.342 e. The molecule has 15 nitrogen and oxygen atoms in total. The van der Waals surface area contributed by atoms with Gasteiger partial charge in [0.1, 0.15) is 16.7 Å². The minimum Gasteiger partial charge on any atom is -0.504 e. The molecule has 0 radical (unpaired) electrons. The van der Waals surface area contributed by atoms with Crippen LogP contribution in [0.25, 0.3) is 34.2 Å². The van der Waals surface area contributed by atoms with Crippen molar-refractivity contribution >= 4 is 17.9 Å². The second kappa shape index (κ2) is 28.2. The van der Waals surface area contributed by atoms with Crippen molar-refractivity contribution < 1.29 is 58.1 Å². The molecule has 15 heteroatoms. The molecule has 0 aliphatic carbocycles. The Morgan fingerprint density at radius 3 is 0.903 bits per heavy atom. The Labute approximate surface area is 425 Å². The van der Waals surface area contributed by atoms with Gasteiger partial charge in [-0.2, -0.15) is 0 Å². The van der Waals surface area contributed by atoms with E-state index in [-0.39, 0.29) is 105 Å². The van der Waals surface area contributed by atoms with E-state index in [1.807, 2.05) is 0 Å². The predicted molar refractivity (Wildman–Crippen MR) is 278 cm³/mol. The van der Waals surface area contributed by atoms with Gasteiger partial charge in [0, 0.05) is 0 Å². The van der Waals surface area contributed by atoms with Crippen molar-refractivity contribution in [3.8, 4) is 68.7 Å². The summed E-state index contributed by atoms with van der Waals surface area (Å²) in [6, 6.07) is 8.32. The highest BCUT2D eigenvalue weighted by atomic mass is 16.5. The molecule has 3 aromatic carbocycles. The number of phenolic OH excluding ortho intramolecular Hbond substituents is 3. The number of benzene rings is 3. The second-order valence-corrected chi connectivity index (χ2v) is 19.4. The van der Waals surface area contributed by atoms with E-state index in [0.717, 1.165) is 57.8 Å². The number of nitrogens with zero attached hydrogens (tertiary/aromatic N) is 3. The molecule has 3 N–H and O–H groups in total. The minimum atomic E-state index is -0.742. The Balaban J connectivity index is 1.90. The maximum absolute atomic E-state index is 13.5. The largest absolute Gasteiger partial charge is 0.504 e. The van der Waals surface area contributed by atoms with E-state index < -0.39 is 35.2 Å². The zero-order chi connectivity index (χ0) is 53.1. The van der Waals surface area contributed by atoms with Gasteiger partial charge in [-0.25, -0.2) is 29.3 Å². The van der Waals surface area contributed by atoms with E-state index in [0.29, 0.717) is 37.0 Å². The van der Waals surface area contributed by atoms with E-state index in [9.17, 15) is 29.7 Å². The zero-order valence-electron chi connectivity index (χ0n) is 43.8. The molecule has 4 rings (SSSR count). The van der Waals surface area contributed by atoms with Crippen molar-refractivity contribution in [3.05, 3.63) is 90.1 Å². The molecule has 0 spiro atoms. The first-order chi connectivity index (χ1) is 34.2. The third-order valence-electron chi connectivity index (χ3n) is 11.2. The minimum absolute atomic E-state index is 0.0700. The fourth-order valence-electron chi connectivity index (χ4n) is 7.53. The van der Waals surface area contributed by atoms with Gasteiger partial charge in [-0.1, -0.05) is 119 Å². The van der Waals surface area contributed by atoms with Gasteiger partial charge in [-0.05, 0) is 94.2 Å². The zero-order valence-corrected chi connectivity index (χ0v) is 43.8. The molecule has 0 atom stereocenters. The van der Waals surface area contributed by atoms with E-state index in [1.165, 1.54) is 57.2 Å². The van der Waals surface area contributed by atoms with Crippen LogP contribution >= 0.6 is 0 Å². The average molecular weight is 994 g/mol. The topological polar surface area (TPSA) is 206 Å². The van der Waals surface area contributed by atoms with Crippen LogP contribution < -0.4 is 14.2 Å². The van der Waals surface area contributed by atoms with Crippen molar-refractivity contribution in [3.63, 3.8) is 0 Å². The molecule has 0 amide bonds. The average Bonchev–Trinajstić information content (AvgIpc) is 3.30. The number of aromatic hydroxyl groups is 3. The SMILES string of the molecule is C=C(C)Oc1c(C(=O)OCCCCCC(C)C)ccc(-c2nc(-c3ccc(C(=O)OCCCCCC(C)C)c(OC(=C)C)c3O)nc(-c3ccc(C(=O)OCCCCCC(C)C)c(OC(=C)C)c3O)n2)c1O. The highest BCUT2D eigenvalue weighted by Crippen LogP contribution is 2.45. The number of carbonyl (C=O) groups excluding carboxylic acids is 3. The van der Waals surface area contributed by atoms with Gasteiger partial charge in [0.25, 0.3) is 0 Å². The molecule has 0 unspecified atom stereocenters. The molecule has 0 fully saturated rings. The highest BCUT2D eigenvalue weighted by molar-refractivity contribution is 5.97. The Bertz CT molecular complexity index is 2260. The second-order valence-electron chi connectivity index (χ2n) is 19.4. The molecule has 1 aromatic heterocycles. The lowest BCUT2D eigenvalue weighted by atomic mass is 10.0. The molecule has 0 saturated carbocycles. The lowest BCUT2D eigenvalue weighted by Gasteiger charge is -2.18. The third kappa shape index (κ3) is 17.2. The van der Waals surface area contributed by atoms with Gasteiger partial charge in [0.15, 0.2) is 52.0 Å². The van der Waals surface area contributed by atoms with Gasteiger partial charge in [0.05, 0.1) is 53.8 Å². The van der Waals surface area contributed by atoms with Gasteiger partial charge in [-0.15, -0.1) is 0 Å². The van der Waals surface area contributed by atoms with Crippen molar-refractivity contribution in [2.24, 2.45) is 17.8 Å². The fraction of sp³-hybridized carbons (Fsp3) is 0.474. The summed E-state index contributed by atoms with van der Waals surface area (Å²) in [5, 5.41) is 35.9. The molecular formula is C57H75N3O12. The van der Waals surface area contributed by atoms with Crippen LogP contribution in [0.4, 0.5) is 0 Å². The number of hydrogen-bond donors (Lipinski definition) is 3. The Morgan fingerprint density at radius 1 is 0.431 bits per heavy atom. The van der Waals surface area contributed by atoms with Crippen molar-refractivity contribution in [2.45, 2.75) is 139 Å². The van der Waals surface area contributed by atoms with Crippen molar-refractivity contribution in [1.29, 1.82) is 0 Å². The summed E-state index contributed by atoms with van der Waals surface area (Å²) < 4.78 is 34.4. The van der Waals surface area contributed by atoms with Crippen LogP contribution in [0.5, 0.6) is 34.5 Å². The van der Waals surface area contributed by atoms with E-state index in [2.05, 4.69) is 76.2 Å². The molecule has 1 heterocycles. The Morgan fingerprint density at radius 2 is 0.681 bits per heavy atom. The van der Waals surface area contributed by atoms with Crippen molar-refractivity contribution in [1.82, 2.24) is 15.0 Å². The Kier molecular flexibility index (Phi) is 22.6.